The zero-order chi connectivity index (χ0) is 23.4. The quantitative estimate of drug-likeness (QED) is 0.471. The van der Waals surface area contributed by atoms with Crippen molar-refractivity contribution in [2.45, 2.75) is 6.04 Å². The number of Topliss-reactive ketones (excluding diaryl/α,β-unsaturated/α-hetero) is 1. The number of carbonyl (C=O) groups excluding carboxylic acids is 2. The largest absolute Gasteiger partial charge is 0.503 e. The average molecular weight is 466 g/mol. The number of nitrogens with zero attached hydrogens (tertiary/aromatic N) is 1. The zero-order valence-corrected chi connectivity index (χ0v) is 19.0. The van der Waals surface area contributed by atoms with E-state index in [1.54, 1.807) is 80.3 Å². The summed E-state index contributed by atoms with van der Waals surface area (Å²) in [5.74, 6) is 0.484. The van der Waals surface area contributed by atoms with Crippen molar-refractivity contribution < 1.29 is 28.9 Å². The SMILES string of the molecule is COc1ccc(OCCN2C(=O)C(O)=C(C(=O)c3cccs3)C2c2ccc(OC)cc2)cc1. The molecule has 7 nitrogen and oxygen atoms in total. The lowest BCUT2D eigenvalue weighted by Crippen LogP contribution is -2.34. The van der Waals surface area contributed by atoms with E-state index < -0.39 is 17.7 Å². The number of hydrogen-bond acceptors (Lipinski definition) is 7. The third-order valence-electron chi connectivity index (χ3n) is 5.39. The minimum absolute atomic E-state index is 0.0667. The van der Waals surface area contributed by atoms with Gasteiger partial charge in [0, 0.05) is 0 Å². The van der Waals surface area contributed by atoms with Crippen molar-refractivity contribution in [3.05, 3.63) is 87.8 Å². The standard InChI is InChI=1S/C25H23NO6S/c1-30-17-7-5-16(6-8-17)22-21(23(27)20-4-3-15-33-20)24(28)25(29)26(22)13-14-32-19-11-9-18(31-2)10-12-19/h3-12,15,22,28H,13-14H2,1-2H3. The molecule has 0 saturated heterocycles. The highest BCUT2D eigenvalue weighted by Gasteiger charge is 2.43. The number of thiophene rings is 1. The van der Waals surface area contributed by atoms with Gasteiger partial charge in [-0.3, -0.25) is 9.59 Å². The topological polar surface area (TPSA) is 85.3 Å². The first kappa shape index (κ1) is 22.4. The van der Waals surface area contributed by atoms with E-state index in [1.807, 2.05) is 0 Å². The van der Waals surface area contributed by atoms with Crippen LogP contribution < -0.4 is 14.2 Å². The Morgan fingerprint density at radius 1 is 0.970 bits per heavy atom. The van der Waals surface area contributed by atoms with Gasteiger partial charge in [0.2, 0.25) is 5.78 Å². The molecule has 1 amide bonds. The van der Waals surface area contributed by atoms with Gasteiger partial charge in [-0.25, -0.2) is 0 Å². The van der Waals surface area contributed by atoms with Crippen LogP contribution in [0, 0.1) is 0 Å². The molecule has 1 atom stereocenters. The summed E-state index contributed by atoms with van der Waals surface area (Å²) in [5, 5.41) is 12.5. The highest BCUT2D eigenvalue weighted by molar-refractivity contribution is 7.12. The van der Waals surface area contributed by atoms with Gasteiger partial charge in [-0.05, 0) is 53.4 Å². The van der Waals surface area contributed by atoms with Crippen molar-refractivity contribution in [1.29, 1.82) is 0 Å². The van der Waals surface area contributed by atoms with Crippen LogP contribution in [-0.2, 0) is 4.79 Å². The number of ether oxygens (including phenoxy) is 3. The Balaban J connectivity index is 1.60. The van der Waals surface area contributed by atoms with Crippen molar-refractivity contribution in [3.8, 4) is 17.2 Å². The van der Waals surface area contributed by atoms with E-state index in [0.717, 1.165) is 0 Å². The molecule has 1 aromatic heterocycles. The van der Waals surface area contributed by atoms with Crippen molar-refractivity contribution in [1.82, 2.24) is 4.90 Å². The summed E-state index contributed by atoms with van der Waals surface area (Å²) in [6, 6.07) is 16.9. The number of carbonyl (C=O) groups is 2. The molecule has 0 spiro atoms. The number of aliphatic hydroxyl groups excluding tert-OH is 1. The molecule has 1 N–H and O–H groups in total. The van der Waals surface area contributed by atoms with Crippen molar-refractivity contribution in [3.63, 3.8) is 0 Å². The molecule has 1 unspecified atom stereocenters. The second kappa shape index (κ2) is 9.79. The van der Waals surface area contributed by atoms with Gasteiger partial charge < -0.3 is 24.2 Å². The number of aliphatic hydroxyl groups is 1. The van der Waals surface area contributed by atoms with Crippen LogP contribution in [0.2, 0.25) is 0 Å². The number of ketones is 1. The third-order valence-corrected chi connectivity index (χ3v) is 6.25. The Morgan fingerprint density at radius 2 is 1.58 bits per heavy atom. The zero-order valence-electron chi connectivity index (χ0n) is 18.2. The summed E-state index contributed by atoms with van der Waals surface area (Å²) < 4.78 is 16.2. The fourth-order valence-electron chi connectivity index (χ4n) is 3.72. The molecule has 4 rings (SSSR count). The normalized spacial score (nSPS) is 15.6. The maximum Gasteiger partial charge on any atom is 0.290 e. The van der Waals surface area contributed by atoms with Crippen molar-refractivity contribution in [2.75, 3.05) is 27.4 Å². The second-order valence-corrected chi connectivity index (χ2v) is 8.21. The first-order chi connectivity index (χ1) is 16.0. The minimum atomic E-state index is -0.738. The maximum atomic E-state index is 13.2. The molecule has 0 bridgehead atoms. The monoisotopic (exact) mass is 465 g/mol. The molecule has 2 aromatic carbocycles. The Labute approximate surface area is 195 Å². The Bertz CT molecular complexity index is 1150. The molecule has 170 valence electrons. The number of benzene rings is 2. The lowest BCUT2D eigenvalue weighted by atomic mass is 9.95. The summed E-state index contributed by atoms with van der Waals surface area (Å²) in [5.41, 5.74) is 0.759. The van der Waals surface area contributed by atoms with Gasteiger partial charge in [-0.2, -0.15) is 0 Å². The van der Waals surface area contributed by atoms with Gasteiger partial charge in [-0.1, -0.05) is 18.2 Å². The first-order valence-electron chi connectivity index (χ1n) is 10.3. The van der Waals surface area contributed by atoms with Gasteiger partial charge >= 0.3 is 0 Å². The predicted molar refractivity (Wildman–Crippen MR) is 124 cm³/mol. The van der Waals surface area contributed by atoms with E-state index in [1.165, 1.54) is 16.2 Å². The third kappa shape index (κ3) is 4.56. The summed E-state index contributed by atoms with van der Waals surface area (Å²) in [7, 11) is 3.15. The van der Waals surface area contributed by atoms with E-state index in [4.69, 9.17) is 14.2 Å². The fourth-order valence-corrected chi connectivity index (χ4v) is 4.40. The van der Waals surface area contributed by atoms with Crippen LogP contribution >= 0.6 is 11.3 Å². The lowest BCUT2D eigenvalue weighted by molar-refractivity contribution is -0.129. The molecule has 2 heterocycles. The van der Waals surface area contributed by atoms with Crippen molar-refractivity contribution >= 4 is 23.0 Å². The fraction of sp³-hybridized carbons (Fsp3) is 0.200. The van der Waals surface area contributed by atoms with Gasteiger partial charge in [0.05, 0.1) is 37.3 Å². The number of rotatable bonds is 9. The lowest BCUT2D eigenvalue weighted by Gasteiger charge is -2.27. The molecule has 0 saturated carbocycles. The molecular weight excluding hydrogens is 442 g/mol. The average Bonchev–Trinajstić information content (AvgIpc) is 3.47. The minimum Gasteiger partial charge on any atom is -0.503 e. The van der Waals surface area contributed by atoms with E-state index in [2.05, 4.69) is 0 Å². The van der Waals surface area contributed by atoms with Crippen molar-refractivity contribution in [2.24, 2.45) is 0 Å². The van der Waals surface area contributed by atoms with E-state index in [9.17, 15) is 14.7 Å². The molecule has 8 heteroatoms. The molecule has 0 radical (unpaired) electrons. The van der Waals surface area contributed by atoms with E-state index in [0.29, 0.717) is 27.7 Å². The molecule has 3 aromatic rings. The van der Waals surface area contributed by atoms with Crippen LogP contribution in [0.5, 0.6) is 17.2 Å². The highest BCUT2D eigenvalue weighted by atomic mass is 32.1. The summed E-state index contributed by atoms with van der Waals surface area (Å²) in [6.07, 6.45) is 0. The highest BCUT2D eigenvalue weighted by Crippen LogP contribution is 2.39. The molecular formula is C25H23NO6S. The molecule has 1 aliphatic rings. The van der Waals surface area contributed by atoms with Gasteiger partial charge in [-0.15, -0.1) is 11.3 Å². The van der Waals surface area contributed by atoms with E-state index >= 15 is 0 Å². The Kier molecular flexibility index (Phi) is 6.65. The summed E-state index contributed by atoms with van der Waals surface area (Å²) in [6.45, 7) is 0.352. The number of hydrogen-bond donors (Lipinski definition) is 1. The molecule has 1 aliphatic heterocycles. The van der Waals surface area contributed by atoms with E-state index in [-0.39, 0.29) is 24.5 Å². The van der Waals surface area contributed by atoms with Crippen LogP contribution in [0.4, 0.5) is 0 Å². The van der Waals surface area contributed by atoms with Crippen LogP contribution in [0.25, 0.3) is 0 Å². The summed E-state index contributed by atoms with van der Waals surface area (Å²) >= 11 is 1.26. The Morgan fingerprint density at radius 3 is 2.15 bits per heavy atom. The van der Waals surface area contributed by atoms with Gasteiger partial charge in [0.1, 0.15) is 23.9 Å². The second-order valence-electron chi connectivity index (χ2n) is 7.27. The number of methoxy groups -OCH3 is 2. The molecule has 33 heavy (non-hydrogen) atoms. The molecule has 0 aliphatic carbocycles. The molecule has 0 fully saturated rings. The number of amides is 1. The first-order valence-corrected chi connectivity index (χ1v) is 11.1. The predicted octanol–water partition coefficient (Wildman–Crippen LogP) is 4.42. The van der Waals surface area contributed by atoms with Crippen LogP contribution in [0.15, 0.2) is 77.4 Å². The Hall–Kier alpha value is -3.78. The maximum absolute atomic E-state index is 13.2. The smallest absolute Gasteiger partial charge is 0.290 e. The van der Waals surface area contributed by atoms with Crippen LogP contribution in [-0.4, -0.2) is 49.1 Å². The van der Waals surface area contributed by atoms with Crippen LogP contribution in [0.1, 0.15) is 21.3 Å². The van der Waals surface area contributed by atoms with Gasteiger partial charge in [0.25, 0.3) is 5.91 Å². The van der Waals surface area contributed by atoms with Crippen LogP contribution in [0.3, 0.4) is 0 Å². The van der Waals surface area contributed by atoms with Gasteiger partial charge in [0.15, 0.2) is 5.76 Å². The summed E-state index contributed by atoms with van der Waals surface area (Å²) in [4.78, 5) is 28.1.